The third-order valence-electron chi connectivity index (χ3n) is 7.32. The van der Waals surface area contributed by atoms with E-state index in [-0.39, 0.29) is 35.8 Å². The highest BCUT2D eigenvalue weighted by Crippen LogP contribution is 2.32. The number of benzene rings is 1. The third kappa shape index (κ3) is 5.47. The summed E-state index contributed by atoms with van der Waals surface area (Å²) in [6.07, 6.45) is 9.69. The van der Waals surface area contributed by atoms with E-state index in [9.17, 15) is 14.4 Å². The molecule has 1 aromatic carbocycles. The Morgan fingerprint density at radius 2 is 1.85 bits per heavy atom. The topological polar surface area (TPSA) is 123 Å². The first-order chi connectivity index (χ1) is 19.6. The molecule has 0 radical (unpaired) electrons. The van der Waals surface area contributed by atoms with Crippen molar-refractivity contribution in [2.24, 2.45) is 5.92 Å². The van der Waals surface area contributed by atoms with Crippen LogP contribution in [0.15, 0.2) is 47.3 Å². The number of rotatable bonds is 6. The van der Waals surface area contributed by atoms with Crippen LogP contribution in [0.3, 0.4) is 0 Å². The van der Waals surface area contributed by atoms with E-state index in [2.05, 4.69) is 47.2 Å². The lowest BCUT2D eigenvalue weighted by Crippen LogP contribution is -2.48. The van der Waals surface area contributed by atoms with Crippen molar-refractivity contribution in [3.05, 3.63) is 64.4 Å². The summed E-state index contributed by atoms with van der Waals surface area (Å²) in [5, 5.41) is 7.97. The number of nitrogens with zero attached hydrogens (tertiary/aromatic N) is 6. The van der Waals surface area contributed by atoms with E-state index in [1.165, 1.54) is 16.5 Å². The highest BCUT2D eigenvalue weighted by atomic mass is 79.9. The summed E-state index contributed by atoms with van der Waals surface area (Å²) in [6, 6.07) is 7.79. The smallest absolute Gasteiger partial charge is 0.248 e. The van der Waals surface area contributed by atoms with Crippen molar-refractivity contribution >= 4 is 50.2 Å². The van der Waals surface area contributed by atoms with Gasteiger partial charge in [0, 0.05) is 30.3 Å². The van der Waals surface area contributed by atoms with Gasteiger partial charge in [-0.25, -0.2) is 15.0 Å². The van der Waals surface area contributed by atoms with Gasteiger partial charge in [-0.2, -0.15) is 5.10 Å². The Bertz CT molecular complexity index is 1720. The predicted octanol–water partition coefficient (Wildman–Crippen LogP) is 4.35. The number of Topliss-reactive ketones (excluding diaryl/α,β-unsaturated/α-hetero) is 1. The monoisotopic (exact) mass is 613 g/mol. The number of aryl methyl sites for hydroxylation is 2. The number of aromatic nitrogens is 5. The fourth-order valence-corrected chi connectivity index (χ4v) is 5.50. The standard InChI is InChI=1S/C30H28BrN7O3/c1-6-23-17(3)11-25(30(41)35-29-16(2)7-10-26(31)34-29)38(23)27(40)15-37-24-9-8-20(21-13-32-19(5)33-14-21)12-22(24)28(36-37)18(4)39/h1,7-10,12-14,17,23,25H,11,15H2,2-5H3,(H,34,35,41)/t17-,23+,25-/m0/s1. The van der Waals surface area contributed by atoms with Crippen molar-refractivity contribution in [2.75, 3.05) is 5.32 Å². The molecule has 0 spiro atoms. The molecule has 41 heavy (non-hydrogen) atoms. The van der Waals surface area contributed by atoms with Gasteiger partial charge in [-0.3, -0.25) is 19.1 Å². The van der Waals surface area contributed by atoms with Crippen LogP contribution in [0.25, 0.3) is 22.0 Å². The molecule has 1 N–H and O–H groups in total. The zero-order valence-corrected chi connectivity index (χ0v) is 24.6. The fourth-order valence-electron chi connectivity index (χ4n) is 5.19. The zero-order chi connectivity index (χ0) is 29.4. The maximum atomic E-state index is 13.8. The van der Waals surface area contributed by atoms with Gasteiger partial charge in [0.15, 0.2) is 5.78 Å². The molecule has 0 aliphatic carbocycles. The molecular formula is C30H28BrN7O3. The summed E-state index contributed by atoms with van der Waals surface area (Å²) in [4.78, 5) is 54.1. The molecule has 5 rings (SSSR count). The summed E-state index contributed by atoms with van der Waals surface area (Å²) in [5.41, 5.74) is 3.26. The van der Waals surface area contributed by atoms with Crippen molar-refractivity contribution in [1.29, 1.82) is 0 Å². The molecule has 3 atom stereocenters. The second-order valence-electron chi connectivity index (χ2n) is 10.2. The Hall–Kier alpha value is -4.43. The lowest BCUT2D eigenvalue weighted by Gasteiger charge is -2.28. The van der Waals surface area contributed by atoms with Crippen LogP contribution < -0.4 is 5.32 Å². The van der Waals surface area contributed by atoms with E-state index >= 15 is 0 Å². The van der Waals surface area contributed by atoms with Crippen LogP contribution in [0.4, 0.5) is 5.82 Å². The maximum Gasteiger partial charge on any atom is 0.248 e. The van der Waals surface area contributed by atoms with Crippen LogP contribution in [0.2, 0.25) is 0 Å². The summed E-state index contributed by atoms with van der Waals surface area (Å²) in [6.45, 7) is 6.81. The number of terminal acetylenes is 1. The number of likely N-dealkylation sites (tertiary alicyclic amines) is 1. The number of ketones is 1. The third-order valence-corrected chi connectivity index (χ3v) is 7.76. The number of halogens is 1. The lowest BCUT2D eigenvalue weighted by molar-refractivity contribution is -0.138. The number of carbonyl (C=O) groups is 3. The van der Waals surface area contributed by atoms with Gasteiger partial charge in [0.1, 0.15) is 34.5 Å². The second-order valence-corrected chi connectivity index (χ2v) is 11.1. The van der Waals surface area contributed by atoms with Crippen molar-refractivity contribution in [3.8, 4) is 23.5 Å². The van der Waals surface area contributed by atoms with E-state index < -0.39 is 12.1 Å². The summed E-state index contributed by atoms with van der Waals surface area (Å²) in [7, 11) is 0. The Labute approximate surface area is 245 Å². The number of hydrogen-bond acceptors (Lipinski definition) is 7. The van der Waals surface area contributed by atoms with E-state index in [4.69, 9.17) is 6.42 Å². The number of anilines is 1. The quantitative estimate of drug-likeness (QED) is 0.195. The Morgan fingerprint density at radius 3 is 2.54 bits per heavy atom. The minimum atomic E-state index is -0.791. The van der Waals surface area contributed by atoms with Gasteiger partial charge < -0.3 is 10.2 Å². The molecule has 4 heterocycles. The van der Waals surface area contributed by atoms with Gasteiger partial charge in [-0.05, 0) is 71.4 Å². The van der Waals surface area contributed by atoms with Crippen molar-refractivity contribution in [3.63, 3.8) is 0 Å². The van der Waals surface area contributed by atoms with Gasteiger partial charge in [0.05, 0.1) is 11.6 Å². The molecular weight excluding hydrogens is 586 g/mol. The van der Waals surface area contributed by atoms with Crippen molar-refractivity contribution in [2.45, 2.75) is 52.7 Å². The molecule has 0 saturated carbocycles. The lowest BCUT2D eigenvalue weighted by atomic mass is 10.0. The number of pyridine rings is 1. The predicted molar refractivity (Wildman–Crippen MR) is 158 cm³/mol. The van der Waals surface area contributed by atoms with Crippen LogP contribution in [0.5, 0.6) is 0 Å². The van der Waals surface area contributed by atoms with Crippen LogP contribution in [0, 0.1) is 32.1 Å². The molecule has 10 nitrogen and oxygen atoms in total. The first kappa shape index (κ1) is 28.1. The van der Waals surface area contributed by atoms with Gasteiger partial charge >= 0.3 is 0 Å². The first-order valence-electron chi connectivity index (χ1n) is 13.1. The Kier molecular flexibility index (Phi) is 7.69. The van der Waals surface area contributed by atoms with E-state index in [1.807, 2.05) is 38.1 Å². The molecule has 1 aliphatic heterocycles. The van der Waals surface area contributed by atoms with Gasteiger partial charge in [-0.1, -0.05) is 25.0 Å². The molecule has 1 saturated heterocycles. The molecule has 0 bridgehead atoms. The Morgan fingerprint density at radius 1 is 1.12 bits per heavy atom. The number of nitrogens with one attached hydrogen (secondary N) is 1. The van der Waals surface area contributed by atoms with Gasteiger partial charge in [-0.15, -0.1) is 6.42 Å². The van der Waals surface area contributed by atoms with Crippen LogP contribution in [-0.4, -0.2) is 59.3 Å². The van der Waals surface area contributed by atoms with Crippen LogP contribution in [0.1, 0.15) is 42.1 Å². The van der Waals surface area contributed by atoms with Gasteiger partial charge in [0.2, 0.25) is 11.8 Å². The second kappa shape index (κ2) is 11.2. The number of amides is 2. The normalized spacial score (nSPS) is 18.3. The molecule has 3 aromatic heterocycles. The molecule has 2 amide bonds. The SMILES string of the molecule is C#C[C@@H]1[C@@H](C)C[C@@H](C(=O)Nc2nc(Br)ccc2C)N1C(=O)Cn1nc(C(C)=O)c2cc(-c3cnc(C)nc3)ccc21. The number of fused-ring (bicyclic) bond motifs is 1. The van der Waals surface area contributed by atoms with Crippen molar-refractivity contribution in [1.82, 2.24) is 29.6 Å². The largest absolute Gasteiger partial charge is 0.315 e. The minimum absolute atomic E-state index is 0.0994. The first-order valence-corrected chi connectivity index (χ1v) is 13.9. The van der Waals surface area contributed by atoms with Gasteiger partial charge in [0.25, 0.3) is 0 Å². The molecule has 0 unspecified atom stereocenters. The van der Waals surface area contributed by atoms with Crippen molar-refractivity contribution < 1.29 is 14.4 Å². The molecule has 208 valence electrons. The molecule has 11 heteroatoms. The maximum absolute atomic E-state index is 13.8. The number of hydrogen-bond donors (Lipinski definition) is 1. The molecule has 1 aliphatic rings. The van der Waals surface area contributed by atoms with E-state index in [1.54, 1.807) is 25.4 Å². The average molecular weight is 615 g/mol. The average Bonchev–Trinajstić information content (AvgIpc) is 3.48. The Balaban J connectivity index is 1.46. The molecule has 1 fully saturated rings. The van der Waals surface area contributed by atoms with Crippen LogP contribution in [-0.2, 0) is 16.1 Å². The summed E-state index contributed by atoms with van der Waals surface area (Å²) >= 11 is 3.33. The molecule has 4 aromatic rings. The van der Waals surface area contributed by atoms with Crippen LogP contribution >= 0.6 is 15.9 Å². The highest BCUT2D eigenvalue weighted by Gasteiger charge is 2.44. The number of carbonyl (C=O) groups excluding carboxylic acids is 3. The summed E-state index contributed by atoms with van der Waals surface area (Å²) in [5.74, 6) is 2.70. The van der Waals surface area contributed by atoms with E-state index in [0.29, 0.717) is 33.6 Å². The zero-order valence-electron chi connectivity index (χ0n) is 23.1. The summed E-state index contributed by atoms with van der Waals surface area (Å²) < 4.78 is 2.08. The minimum Gasteiger partial charge on any atom is -0.315 e. The highest BCUT2D eigenvalue weighted by molar-refractivity contribution is 9.10. The fraction of sp³-hybridized carbons (Fsp3) is 0.300. The van der Waals surface area contributed by atoms with E-state index in [0.717, 1.165) is 16.7 Å².